The second kappa shape index (κ2) is 7.23. The van der Waals surface area contributed by atoms with Gasteiger partial charge >= 0.3 is 0 Å². The molecule has 0 spiro atoms. The molecule has 2 N–H and O–H groups in total. The molecule has 0 aliphatic carbocycles. The van der Waals surface area contributed by atoms with E-state index in [0.717, 1.165) is 17.2 Å². The van der Waals surface area contributed by atoms with E-state index < -0.39 is 11.6 Å². The quantitative estimate of drug-likeness (QED) is 0.740. The van der Waals surface area contributed by atoms with Gasteiger partial charge in [-0.05, 0) is 23.3 Å². The summed E-state index contributed by atoms with van der Waals surface area (Å²) in [4.78, 5) is 0. The summed E-state index contributed by atoms with van der Waals surface area (Å²) in [5, 5.41) is 0. The highest BCUT2D eigenvalue weighted by atomic mass is 19.2. The van der Waals surface area contributed by atoms with Crippen molar-refractivity contribution in [2.24, 2.45) is 5.73 Å². The molecule has 0 atom stereocenters. The van der Waals surface area contributed by atoms with Crippen molar-refractivity contribution >= 4 is 0 Å². The standard InChI is InChI=1S/C20H17F2NO/c21-18-8-4-7-17(20(18)22)16-10-9-15(12-23)11-19(16)24-13-14-5-2-1-3-6-14/h1-11H,12-13,23H2. The molecule has 0 heterocycles. The van der Waals surface area contributed by atoms with E-state index in [-0.39, 0.29) is 5.56 Å². The minimum atomic E-state index is -0.887. The minimum absolute atomic E-state index is 0.168. The molecule has 0 radical (unpaired) electrons. The Morgan fingerprint density at radius 3 is 2.33 bits per heavy atom. The molecule has 3 rings (SSSR count). The van der Waals surface area contributed by atoms with Gasteiger partial charge in [0.25, 0.3) is 0 Å². The van der Waals surface area contributed by atoms with Crippen LogP contribution in [-0.4, -0.2) is 0 Å². The molecular formula is C20H17F2NO. The van der Waals surface area contributed by atoms with Crippen molar-refractivity contribution in [3.05, 3.63) is 89.5 Å². The lowest BCUT2D eigenvalue weighted by molar-refractivity contribution is 0.307. The molecule has 0 aromatic heterocycles. The molecule has 0 saturated carbocycles. The SMILES string of the molecule is NCc1ccc(-c2cccc(F)c2F)c(OCc2ccccc2)c1. The van der Waals surface area contributed by atoms with Crippen molar-refractivity contribution in [1.82, 2.24) is 0 Å². The van der Waals surface area contributed by atoms with Gasteiger partial charge in [0.05, 0.1) is 0 Å². The third-order valence-corrected chi connectivity index (χ3v) is 3.76. The van der Waals surface area contributed by atoms with Gasteiger partial charge in [-0.3, -0.25) is 0 Å². The van der Waals surface area contributed by atoms with E-state index in [4.69, 9.17) is 10.5 Å². The summed E-state index contributed by atoms with van der Waals surface area (Å²) in [5.74, 6) is -1.29. The number of hydrogen-bond acceptors (Lipinski definition) is 2. The first-order valence-corrected chi connectivity index (χ1v) is 7.63. The van der Waals surface area contributed by atoms with Crippen LogP contribution >= 0.6 is 0 Å². The summed E-state index contributed by atoms with van der Waals surface area (Å²) in [6.45, 7) is 0.673. The van der Waals surface area contributed by atoms with Crippen molar-refractivity contribution in [1.29, 1.82) is 0 Å². The van der Waals surface area contributed by atoms with Crippen LogP contribution in [0.4, 0.5) is 8.78 Å². The van der Waals surface area contributed by atoms with Crippen LogP contribution in [0.2, 0.25) is 0 Å². The van der Waals surface area contributed by atoms with Gasteiger partial charge in [-0.15, -0.1) is 0 Å². The molecule has 3 aromatic rings. The summed E-state index contributed by atoms with van der Waals surface area (Å²) >= 11 is 0. The average Bonchev–Trinajstić information content (AvgIpc) is 2.63. The fourth-order valence-electron chi connectivity index (χ4n) is 2.48. The maximum atomic E-state index is 14.2. The highest BCUT2D eigenvalue weighted by Crippen LogP contribution is 2.34. The fourth-order valence-corrected chi connectivity index (χ4v) is 2.48. The van der Waals surface area contributed by atoms with E-state index in [0.29, 0.717) is 24.5 Å². The van der Waals surface area contributed by atoms with Crippen LogP contribution in [0.15, 0.2) is 66.7 Å². The number of halogens is 2. The normalized spacial score (nSPS) is 10.6. The van der Waals surface area contributed by atoms with Gasteiger partial charge in [0.2, 0.25) is 0 Å². The Morgan fingerprint density at radius 1 is 0.792 bits per heavy atom. The number of rotatable bonds is 5. The first-order valence-electron chi connectivity index (χ1n) is 7.63. The zero-order valence-electron chi connectivity index (χ0n) is 13.0. The minimum Gasteiger partial charge on any atom is -0.488 e. The van der Waals surface area contributed by atoms with E-state index in [2.05, 4.69) is 0 Å². The van der Waals surface area contributed by atoms with Crippen molar-refractivity contribution in [3.8, 4) is 16.9 Å². The molecule has 0 amide bonds. The highest BCUT2D eigenvalue weighted by molar-refractivity contribution is 5.71. The molecule has 0 fully saturated rings. The summed E-state index contributed by atoms with van der Waals surface area (Å²) in [7, 11) is 0. The van der Waals surface area contributed by atoms with Crippen LogP contribution in [0.3, 0.4) is 0 Å². The van der Waals surface area contributed by atoms with Gasteiger partial charge in [-0.25, -0.2) is 8.78 Å². The Morgan fingerprint density at radius 2 is 1.58 bits per heavy atom. The third kappa shape index (κ3) is 3.44. The van der Waals surface area contributed by atoms with E-state index in [1.54, 1.807) is 18.2 Å². The lowest BCUT2D eigenvalue weighted by atomic mass is 10.0. The second-order valence-electron chi connectivity index (χ2n) is 5.41. The molecule has 2 nitrogen and oxygen atoms in total. The smallest absolute Gasteiger partial charge is 0.166 e. The Hall–Kier alpha value is -2.72. The van der Waals surface area contributed by atoms with E-state index in [9.17, 15) is 8.78 Å². The van der Waals surface area contributed by atoms with Crippen LogP contribution in [0.1, 0.15) is 11.1 Å². The van der Waals surface area contributed by atoms with E-state index in [1.165, 1.54) is 12.1 Å². The van der Waals surface area contributed by atoms with Gasteiger partial charge in [0.15, 0.2) is 11.6 Å². The van der Waals surface area contributed by atoms with Gasteiger partial charge < -0.3 is 10.5 Å². The van der Waals surface area contributed by atoms with Crippen molar-refractivity contribution in [2.45, 2.75) is 13.2 Å². The zero-order valence-corrected chi connectivity index (χ0v) is 13.0. The lowest BCUT2D eigenvalue weighted by Gasteiger charge is -2.14. The topological polar surface area (TPSA) is 35.2 Å². The Balaban J connectivity index is 1.98. The molecule has 3 aromatic carbocycles. The summed E-state index contributed by atoms with van der Waals surface area (Å²) in [6.07, 6.45) is 0. The number of benzene rings is 3. The summed E-state index contributed by atoms with van der Waals surface area (Å²) < 4.78 is 33.6. The van der Waals surface area contributed by atoms with Gasteiger partial charge in [-0.1, -0.05) is 54.6 Å². The van der Waals surface area contributed by atoms with Gasteiger partial charge in [0, 0.05) is 17.7 Å². The molecule has 0 saturated heterocycles. The monoisotopic (exact) mass is 325 g/mol. The molecule has 0 aliphatic heterocycles. The Labute approximate surface area is 139 Å². The van der Waals surface area contributed by atoms with Crippen molar-refractivity contribution in [3.63, 3.8) is 0 Å². The zero-order chi connectivity index (χ0) is 16.9. The molecule has 0 unspecified atom stereocenters. The predicted octanol–water partition coefficient (Wildman–Crippen LogP) is 4.67. The average molecular weight is 325 g/mol. The van der Waals surface area contributed by atoms with Crippen LogP contribution < -0.4 is 10.5 Å². The van der Waals surface area contributed by atoms with Gasteiger partial charge in [-0.2, -0.15) is 0 Å². The third-order valence-electron chi connectivity index (χ3n) is 3.76. The van der Waals surface area contributed by atoms with Crippen LogP contribution in [0, 0.1) is 11.6 Å². The molecule has 122 valence electrons. The Kier molecular flexibility index (Phi) is 4.87. The predicted molar refractivity (Wildman–Crippen MR) is 90.5 cm³/mol. The van der Waals surface area contributed by atoms with Crippen LogP contribution in [-0.2, 0) is 13.2 Å². The first-order chi connectivity index (χ1) is 11.7. The van der Waals surface area contributed by atoms with Crippen LogP contribution in [0.25, 0.3) is 11.1 Å². The number of ether oxygens (including phenoxy) is 1. The highest BCUT2D eigenvalue weighted by Gasteiger charge is 2.14. The number of nitrogens with two attached hydrogens (primary N) is 1. The van der Waals surface area contributed by atoms with E-state index in [1.807, 2.05) is 30.3 Å². The second-order valence-corrected chi connectivity index (χ2v) is 5.41. The largest absolute Gasteiger partial charge is 0.488 e. The summed E-state index contributed by atoms with van der Waals surface area (Å²) in [6, 6.07) is 19.0. The van der Waals surface area contributed by atoms with E-state index >= 15 is 0 Å². The lowest BCUT2D eigenvalue weighted by Crippen LogP contribution is -2.01. The summed E-state index contributed by atoms with van der Waals surface area (Å²) in [5.41, 5.74) is 8.19. The molecule has 0 aliphatic rings. The van der Waals surface area contributed by atoms with Crippen molar-refractivity contribution < 1.29 is 13.5 Å². The molecular weight excluding hydrogens is 308 g/mol. The fraction of sp³-hybridized carbons (Fsp3) is 0.100. The maximum absolute atomic E-state index is 14.2. The van der Waals surface area contributed by atoms with Crippen molar-refractivity contribution in [2.75, 3.05) is 0 Å². The molecule has 4 heteroatoms. The van der Waals surface area contributed by atoms with Crippen LogP contribution in [0.5, 0.6) is 5.75 Å². The first kappa shape index (κ1) is 16.1. The molecule has 24 heavy (non-hydrogen) atoms. The Bertz CT molecular complexity index is 834. The maximum Gasteiger partial charge on any atom is 0.166 e. The molecule has 0 bridgehead atoms. The number of hydrogen-bond donors (Lipinski definition) is 1. The van der Waals surface area contributed by atoms with Gasteiger partial charge in [0.1, 0.15) is 12.4 Å².